The highest BCUT2D eigenvalue weighted by molar-refractivity contribution is 5.83. The Morgan fingerprint density at radius 1 is 0.641 bits per heavy atom. The van der Waals surface area contributed by atoms with Gasteiger partial charge in [-0.3, -0.25) is 18.7 Å². The van der Waals surface area contributed by atoms with Gasteiger partial charge in [0.15, 0.2) is 35.4 Å². The van der Waals surface area contributed by atoms with Gasteiger partial charge in [-0.15, -0.1) is 0 Å². The van der Waals surface area contributed by atoms with Crippen molar-refractivity contribution in [1.82, 2.24) is 49.7 Å². The van der Waals surface area contributed by atoms with Crippen molar-refractivity contribution in [3.63, 3.8) is 0 Å². The molecule has 2 aliphatic rings. The minimum absolute atomic E-state index is 0.192. The van der Waals surface area contributed by atoms with E-state index in [-0.39, 0.29) is 36.5 Å². The maximum atomic E-state index is 13.0. The second-order valence-corrected chi connectivity index (χ2v) is 18.0. The van der Waals surface area contributed by atoms with Crippen LogP contribution >= 0.6 is 0 Å². The molecule has 6 heterocycles. The van der Waals surface area contributed by atoms with Crippen LogP contribution in [-0.4, -0.2) is 183 Å². The summed E-state index contributed by atoms with van der Waals surface area (Å²) in [5, 5.41) is 49.3. The number of aromatic nitrogens is 8. The van der Waals surface area contributed by atoms with Crippen molar-refractivity contribution in [3.8, 4) is 0 Å². The Morgan fingerprint density at radius 2 is 1.02 bits per heavy atom. The summed E-state index contributed by atoms with van der Waals surface area (Å²) in [6, 6.07) is 5.85. The molecular weight excluding hydrogens is 833 g/mol. The molecule has 4 aromatic heterocycles. The van der Waals surface area contributed by atoms with E-state index in [2.05, 4.69) is 40.5 Å². The highest BCUT2D eigenvalue weighted by Gasteiger charge is 2.48. The van der Waals surface area contributed by atoms with Crippen LogP contribution in [0.2, 0.25) is 0 Å². The quantitative estimate of drug-likeness (QED) is 0.0383. The number of nitrogens with one attached hydrogen (secondary N) is 2. The standard InChI is InChI=1S/C40H58N16O8/c1-55(2,15-25-29(57)31(59)39(63-25)53-19-51-27-33(43)47-17-49-35(27)53)11-9-23(41)37(61)45-13-21-5-7-22(8-6-21)14-46-38(62)24(42)10-12-56(3,4)16-26-30(58)32(60)40(64-26)54-20-52-28-34(44)48-18-50-36(28)54/h5-8,17-20,23-26,29-32,39-40,57-60H,9-16,41-42H2,1-4H3,(H4-2,43,44,45,46,47,48,49,50,61,62)/p+2/t23-,24-,25+,26+,29+,30+,31+,32+,39+,40+/m0/s1. The van der Waals surface area contributed by atoms with Gasteiger partial charge in [0, 0.05) is 25.9 Å². The minimum Gasteiger partial charge on any atom is -0.387 e. The van der Waals surface area contributed by atoms with Crippen LogP contribution in [0.1, 0.15) is 36.4 Å². The van der Waals surface area contributed by atoms with E-state index in [9.17, 15) is 30.0 Å². The van der Waals surface area contributed by atoms with Crippen LogP contribution in [0.15, 0.2) is 49.6 Å². The van der Waals surface area contributed by atoms with E-state index in [1.807, 2.05) is 52.5 Å². The van der Waals surface area contributed by atoms with E-state index in [0.29, 0.717) is 70.3 Å². The van der Waals surface area contributed by atoms with Gasteiger partial charge in [-0.25, -0.2) is 29.9 Å². The Morgan fingerprint density at radius 3 is 1.39 bits per heavy atom. The number of nitrogens with two attached hydrogens (primary N) is 4. The number of amides is 2. The first kappa shape index (κ1) is 46.5. The Balaban J connectivity index is 0.801. The summed E-state index contributed by atoms with van der Waals surface area (Å²) in [6.07, 6.45) is -1.97. The Hall–Kier alpha value is -5.54. The number of rotatable bonds is 18. The lowest BCUT2D eigenvalue weighted by Gasteiger charge is -2.33. The highest BCUT2D eigenvalue weighted by Crippen LogP contribution is 2.34. The molecule has 2 fully saturated rings. The zero-order valence-corrected chi connectivity index (χ0v) is 36.3. The summed E-state index contributed by atoms with van der Waals surface area (Å²) >= 11 is 0. The van der Waals surface area contributed by atoms with Gasteiger partial charge in [-0.1, -0.05) is 24.3 Å². The number of hydrogen-bond donors (Lipinski definition) is 10. The van der Waals surface area contributed by atoms with Gasteiger partial charge >= 0.3 is 0 Å². The Bertz CT molecular complexity index is 2250. The monoisotopic (exact) mass is 892 g/mol. The average Bonchev–Trinajstić information content (AvgIpc) is 4.03. The summed E-state index contributed by atoms with van der Waals surface area (Å²) in [4.78, 5) is 50.7. The first-order valence-electron chi connectivity index (χ1n) is 21.0. The van der Waals surface area contributed by atoms with Gasteiger partial charge in [0.2, 0.25) is 11.8 Å². The Kier molecular flexibility index (Phi) is 13.7. The molecule has 64 heavy (non-hydrogen) atoms. The molecule has 5 aromatic rings. The number of nitrogen functional groups attached to an aromatic ring is 2. The molecule has 0 aliphatic carbocycles. The predicted molar refractivity (Wildman–Crippen MR) is 230 cm³/mol. The van der Waals surface area contributed by atoms with Crippen LogP contribution in [0.5, 0.6) is 0 Å². The maximum absolute atomic E-state index is 13.0. The lowest BCUT2D eigenvalue weighted by molar-refractivity contribution is -0.893. The number of ether oxygens (including phenoxy) is 2. The number of aliphatic hydroxyl groups is 4. The first-order chi connectivity index (χ1) is 30.3. The van der Waals surface area contributed by atoms with E-state index in [1.54, 1.807) is 0 Å². The third-order valence-corrected chi connectivity index (χ3v) is 12.1. The van der Waals surface area contributed by atoms with Crippen molar-refractivity contribution in [1.29, 1.82) is 0 Å². The SMILES string of the molecule is C[N+](C)(CC[C@H](N)C(=O)NCc1ccc(CNC(=O)[C@@H](N)CC[N+](C)(C)C[C@H]2O[C@@H](n3cnc4c(N)ncnc43)[C@H](O)[C@@H]2O)cc1)C[C@H]1O[C@@H](n2cnc3c(N)ncnc32)[C@H](O)[C@@H]1O. The summed E-state index contributed by atoms with van der Waals surface area (Å²) < 4.78 is 16.0. The number of fused-ring (bicyclic) bond motifs is 2. The zero-order valence-electron chi connectivity index (χ0n) is 36.3. The van der Waals surface area contributed by atoms with Crippen molar-refractivity contribution in [2.24, 2.45) is 11.5 Å². The van der Waals surface area contributed by atoms with Crippen LogP contribution in [0, 0.1) is 0 Å². The molecule has 14 N–H and O–H groups in total. The third-order valence-electron chi connectivity index (χ3n) is 12.1. The smallest absolute Gasteiger partial charge is 0.237 e. The normalized spacial score (nSPS) is 24.9. The second-order valence-electron chi connectivity index (χ2n) is 18.0. The number of carbonyl (C=O) groups is 2. The summed E-state index contributed by atoms with van der Waals surface area (Å²) in [7, 11) is 7.73. The van der Waals surface area contributed by atoms with Crippen molar-refractivity contribution in [3.05, 3.63) is 60.7 Å². The van der Waals surface area contributed by atoms with Crippen molar-refractivity contribution < 1.29 is 48.5 Å². The van der Waals surface area contributed by atoms with Crippen LogP contribution in [0.4, 0.5) is 11.6 Å². The van der Waals surface area contributed by atoms with Gasteiger partial charge < -0.3 is 72.4 Å². The maximum Gasteiger partial charge on any atom is 0.237 e. The largest absolute Gasteiger partial charge is 0.387 e. The van der Waals surface area contributed by atoms with Crippen LogP contribution in [0.3, 0.4) is 0 Å². The number of anilines is 2. The second kappa shape index (κ2) is 18.9. The molecule has 0 spiro atoms. The molecule has 0 unspecified atom stereocenters. The van der Waals surface area contributed by atoms with Gasteiger partial charge in [0.05, 0.1) is 66.0 Å². The molecule has 346 valence electrons. The van der Waals surface area contributed by atoms with E-state index in [1.165, 1.54) is 34.4 Å². The van der Waals surface area contributed by atoms with E-state index in [0.717, 1.165) is 11.1 Å². The van der Waals surface area contributed by atoms with Crippen LogP contribution < -0.4 is 33.6 Å². The molecule has 0 radical (unpaired) electrons. The molecule has 2 amide bonds. The minimum atomic E-state index is -1.24. The lowest BCUT2D eigenvalue weighted by atomic mass is 10.1. The zero-order chi connectivity index (χ0) is 46.1. The first-order valence-corrected chi connectivity index (χ1v) is 21.0. The fraction of sp³-hybridized carbons (Fsp3) is 0.550. The molecular formula is C40H60N16O8+2. The van der Waals surface area contributed by atoms with Crippen molar-refractivity contribution >= 4 is 45.8 Å². The summed E-state index contributed by atoms with van der Waals surface area (Å²) in [6.45, 7) is 2.15. The topological polar surface area (TPSA) is 349 Å². The molecule has 1 aromatic carbocycles. The fourth-order valence-corrected chi connectivity index (χ4v) is 8.14. The van der Waals surface area contributed by atoms with E-state index in [4.69, 9.17) is 32.4 Å². The predicted octanol–water partition coefficient (Wildman–Crippen LogP) is -3.41. The van der Waals surface area contributed by atoms with Gasteiger partial charge in [-0.05, 0) is 11.1 Å². The third kappa shape index (κ3) is 10.2. The number of aliphatic hydroxyl groups excluding tert-OH is 4. The molecule has 10 atom stereocenters. The molecule has 2 aliphatic heterocycles. The molecule has 0 bridgehead atoms. The van der Waals surface area contributed by atoms with Gasteiger partial charge in [0.1, 0.15) is 73.4 Å². The fourth-order valence-electron chi connectivity index (χ4n) is 8.14. The van der Waals surface area contributed by atoms with Crippen molar-refractivity contribution in [2.45, 2.75) is 87.1 Å². The van der Waals surface area contributed by atoms with E-state index >= 15 is 0 Å². The van der Waals surface area contributed by atoms with Gasteiger partial charge in [0.25, 0.3) is 0 Å². The molecule has 24 heteroatoms. The number of quaternary nitrogens is 2. The number of carbonyl (C=O) groups excluding carboxylic acids is 2. The lowest BCUT2D eigenvalue weighted by Crippen LogP contribution is -2.51. The van der Waals surface area contributed by atoms with Gasteiger partial charge in [-0.2, -0.15) is 0 Å². The van der Waals surface area contributed by atoms with Crippen LogP contribution in [-0.2, 0) is 32.2 Å². The summed E-state index contributed by atoms with van der Waals surface area (Å²) in [5.41, 5.74) is 27.6. The number of imidazole rings is 2. The molecule has 2 saturated heterocycles. The summed E-state index contributed by atoms with van der Waals surface area (Å²) in [5.74, 6) is -0.243. The van der Waals surface area contributed by atoms with Crippen LogP contribution in [0.25, 0.3) is 22.3 Å². The Labute approximate surface area is 368 Å². The number of nitrogens with zero attached hydrogens (tertiary/aromatic N) is 10. The molecule has 24 nitrogen and oxygen atoms in total. The molecule has 7 rings (SSSR count). The van der Waals surface area contributed by atoms with E-state index < -0.39 is 61.2 Å². The average molecular weight is 893 g/mol. The highest BCUT2D eigenvalue weighted by atomic mass is 16.6. The number of hydrogen-bond acceptors (Lipinski definition) is 18. The van der Waals surface area contributed by atoms with Crippen molar-refractivity contribution in [2.75, 3.05) is 65.8 Å². The number of benzene rings is 1. The number of likely N-dealkylation sites (N-methyl/N-ethyl adjacent to an activating group) is 2. The molecule has 0 saturated carbocycles.